The SMILES string of the molecule is C[C@@H](O)[C@H](N)C(=O)NCC(=O)NCC(=O)NCC(=O)NCC(=O)N[C@@H](CC[S](C)O)C(=O)O. The Kier molecular flexibility index (Phi) is 14.4. The van der Waals surface area contributed by atoms with Crippen LogP contribution in [0.1, 0.15) is 13.3 Å². The summed E-state index contributed by atoms with van der Waals surface area (Å²) in [5.41, 5.74) is 5.38. The summed E-state index contributed by atoms with van der Waals surface area (Å²) in [6.07, 6.45) is 0.419. The molecule has 16 heteroatoms. The number of amides is 5. The van der Waals surface area contributed by atoms with Gasteiger partial charge < -0.3 is 47.1 Å². The molecule has 10 N–H and O–H groups in total. The van der Waals surface area contributed by atoms with Crippen LogP contribution in [0.4, 0.5) is 0 Å². The van der Waals surface area contributed by atoms with E-state index in [4.69, 9.17) is 10.8 Å². The van der Waals surface area contributed by atoms with Crippen molar-refractivity contribution in [2.24, 2.45) is 5.73 Å². The van der Waals surface area contributed by atoms with Crippen molar-refractivity contribution in [2.45, 2.75) is 31.5 Å². The highest BCUT2D eigenvalue weighted by Crippen LogP contribution is 2.14. The number of aliphatic carboxylic acids is 1. The fourth-order valence-electron chi connectivity index (χ4n) is 2.02. The molecule has 3 atom stereocenters. The van der Waals surface area contributed by atoms with Gasteiger partial charge in [0.25, 0.3) is 0 Å². The van der Waals surface area contributed by atoms with E-state index in [0.717, 1.165) is 0 Å². The van der Waals surface area contributed by atoms with Crippen LogP contribution in [-0.4, -0.2) is 107 Å². The Morgan fingerprint density at radius 3 is 1.67 bits per heavy atom. The zero-order chi connectivity index (χ0) is 25.6. The molecule has 0 spiro atoms. The lowest BCUT2D eigenvalue weighted by atomic mass is 10.2. The Hall–Kier alpha value is -2.95. The van der Waals surface area contributed by atoms with Crippen LogP contribution in [-0.2, 0) is 28.8 Å². The second kappa shape index (κ2) is 15.8. The fourth-order valence-corrected chi connectivity index (χ4v) is 2.60. The molecule has 15 nitrogen and oxygen atoms in total. The normalized spacial score (nSPS) is 13.3. The lowest BCUT2D eigenvalue weighted by Crippen LogP contribution is -2.50. The monoisotopic (exact) mass is 495 g/mol. The van der Waals surface area contributed by atoms with Crippen LogP contribution in [0.25, 0.3) is 0 Å². The molecule has 0 aliphatic heterocycles. The molecule has 0 saturated carbocycles. The average Bonchev–Trinajstić information content (AvgIpc) is 2.74. The van der Waals surface area contributed by atoms with E-state index >= 15 is 0 Å². The number of hydrogen-bond acceptors (Lipinski definition) is 9. The van der Waals surface area contributed by atoms with Gasteiger partial charge in [-0.15, -0.1) is 0 Å². The standard InChI is InChI=1S/C17H31N6O9S/c1-9(24)15(18)16(29)22-7-13(27)20-5-11(25)19-6-12(26)21-8-14(28)23-10(17(30)31)3-4-33(2)32/h9-10,15,24,32H,3-8,18H2,1-2H3,(H,19,25)(H,20,27)(H,21,26)(H,22,29)(H,23,28)(H,30,31)/t9-,10+,15+/m1/s1. The summed E-state index contributed by atoms with van der Waals surface area (Å²) < 4.78 is 9.23. The minimum atomic E-state index is -1.28. The van der Waals surface area contributed by atoms with Gasteiger partial charge >= 0.3 is 5.97 Å². The van der Waals surface area contributed by atoms with Gasteiger partial charge in [-0.25, -0.2) is 4.79 Å². The largest absolute Gasteiger partial charge is 0.480 e. The van der Waals surface area contributed by atoms with E-state index in [1.54, 1.807) is 0 Å². The topological polar surface area (TPSA) is 249 Å². The average molecular weight is 496 g/mol. The first-order chi connectivity index (χ1) is 15.3. The van der Waals surface area contributed by atoms with Crippen molar-refractivity contribution in [3.8, 4) is 0 Å². The van der Waals surface area contributed by atoms with Gasteiger partial charge in [-0.05, 0) is 19.6 Å². The third-order valence-electron chi connectivity index (χ3n) is 3.92. The van der Waals surface area contributed by atoms with Gasteiger partial charge in [0.1, 0.15) is 12.1 Å². The first-order valence-electron chi connectivity index (χ1n) is 9.68. The second-order valence-corrected chi connectivity index (χ2v) is 8.47. The summed E-state index contributed by atoms with van der Waals surface area (Å²) in [6, 6.07) is -2.42. The molecule has 0 aliphatic carbocycles. The number of carboxylic acid groups (broad SMARTS) is 1. The summed E-state index contributed by atoms with van der Waals surface area (Å²) in [6.45, 7) is -0.690. The van der Waals surface area contributed by atoms with Gasteiger partial charge in [0.15, 0.2) is 0 Å². The van der Waals surface area contributed by atoms with Crippen molar-refractivity contribution in [2.75, 3.05) is 38.2 Å². The van der Waals surface area contributed by atoms with E-state index in [2.05, 4.69) is 26.6 Å². The van der Waals surface area contributed by atoms with Crippen molar-refractivity contribution < 1.29 is 43.5 Å². The maximum Gasteiger partial charge on any atom is 0.326 e. The first kappa shape index (κ1) is 30.0. The van der Waals surface area contributed by atoms with Crippen LogP contribution < -0.4 is 32.3 Å². The van der Waals surface area contributed by atoms with Gasteiger partial charge in [-0.3, -0.25) is 24.0 Å². The number of carbonyl (C=O) groups excluding carboxylic acids is 5. The number of hydrogen-bond donors (Lipinski definition) is 9. The number of aliphatic hydroxyl groups excluding tert-OH is 1. The Balaban J connectivity index is 4.13. The molecule has 0 aliphatic rings. The second-order valence-electron chi connectivity index (χ2n) is 6.87. The van der Waals surface area contributed by atoms with Crippen LogP contribution in [0.2, 0.25) is 0 Å². The van der Waals surface area contributed by atoms with Crippen LogP contribution >= 0.6 is 11.2 Å². The highest BCUT2D eigenvalue weighted by Gasteiger charge is 2.21. The van der Waals surface area contributed by atoms with Crippen molar-refractivity contribution in [1.82, 2.24) is 26.6 Å². The molecular weight excluding hydrogens is 464 g/mol. The summed E-state index contributed by atoms with van der Waals surface area (Å²) in [4.78, 5) is 69.3. The van der Waals surface area contributed by atoms with Gasteiger partial charge in [0.05, 0.1) is 32.3 Å². The van der Waals surface area contributed by atoms with E-state index < -0.39 is 91.0 Å². The molecule has 0 bridgehead atoms. The molecule has 189 valence electrons. The maximum atomic E-state index is 11.8. The van der Waals surface area contributed by atoms with Gasteiger partial charge in [-0.2, -0.15) is 0 Å². The molecule has 1 radical (unpaired) electrons. The summed E-state index contributed by atoms with van der Waals surface area (Å²) in [5.74, 6) is -4.76. The quantitative estimate of drug-likeness (QED) is 0.105. The van der Waals surface area contributed by atoms with E-state index in [9.17, 15) is 38.4 Å². The molecule has 0 saturated heterocycles. The van der Waals surface area contributed by atoms with Crippen LogP contribution in [0.3, 0.4) is 0 Å². The molecule has 33 heavy (non-hydrogen) atoms. The van der Waals surface area contributed by atoms with Gasteiger partial charge in [0, 0.05) is 5.75 Å². The minimum Gasteiger partial charge on any atom is -0.480 e. The van der Waals surface area contributed by atoms with Crippen LogP contribution in [0, 0.1) is 0 Å². The fraction of sp³-hybridized carbons (Fsp3) is 0.647. The molecule has 0 fully saturated rings. The van der Waals surface area contributed by atoms with E-state index in [-0.39, 0.29) is 12.2 Å². The molecule has 0 rings (SSSR count). The zero-order valence-corrected chi connectivity index (χ0v) is 19.1. The minimum absolute atomic E-state index is 0.0178. The van der Waals surface area contributed by atoms with Crippen LogP contribution in [0.5, 0.6) is 0 Å². The van der Waals surface area contributed by atoms with Crippen LogP contribution in [0.15, 0.2) is 0 Å². The Morgan fingerprint density at radius 2 is 1.27 bits per heavy atom. The number of carboxylic acids is 1. The van der Waals surface area contributed by atoms with Crippen molar-refractivity contribution >= 4 is 46.7 Å². The third kappa shape index (κ3) is 14.7. The molecular formula is C17H31N6O9S. The van der Waals surface area contributed by atoms with Crippen molar-refractivity contribution in [1.29, 1.82) is 0 Å². The first-order valence-corrected chi connectivity index (χ1v) is 11.4. The van der Waals surface area contributed by atoms with E-state index in [1.165, 1.54) is 13.2 Å². The number of rotatable bonds is 15. The molecule has 0 unspecified atom stereocenters. The molecule has 0 aromatic heterocycles. The maximum absolute atomic E-state index is 11.8. The van der Waals surface area contributed by atoms with Crippen molar-refractivity contribution in [3.63, 3.8) is 0 Å². The smallest absolute Gasteiger partial charge is 0.326 e. The Bertz CT molecular complexity index is 719. The Morgan fingerprint density at radius 1 is 0.848 bits per heavy atom. The zero-order valence-electron chi connectivity index (χ0n) is 18.3. The lowest BCUT2D eigenvalue weighted by molar-refractivity contribution is -0.141. The third-order valence-corrected chi connectivity index (χ3v) is 4.75. The molecule has 0 aromatic rings. The van der Waals surface area contributed by atoms with Crippen molar-refractivity contribution in [3.05, 3.63) is 0 Å². The lowest BCUT2D eigenvalue weighted by Gasteiger charge is -2.16. The Labute approximate surface area is 192 Å². The van der Waals surface area contributed by atoms with E-state index in [1.807, 2.05) is 0 Å². The molecule has 0 aromatic carbocycles. The van der Waals surface area contributed by atoms with Gasteiger partial charge in [0.2, 0.25) is 29.5 Å². The predicted octanol–water partition coefficient (Wildman–Crippen LogP) is -4.51. The predicted molar refractivity (Wildman–Crippen MR) is 117 cm³/mol. The number of nitrogens with one attached hydrogen (secondary N) is 5. The highest BCUT2D eigenvalue weighted by atomic mass is 32.2. The molecule has 5 amide bonds. The number of aliphatic hydroxyl groups is 1. The number of carbonyl (C=O) groups is 6. The molecule has 0 heterocycles. The van der Waals surface area contributed by atoms with E-state index in [0.29, 0.717) is 0 Å². The number of nitrogens with two attached hydrogens (primary N) is 1. The summed E-state index contributed by atoms with van der Waals surface area (Å²) >= 11 is -0.982. The highest BCUT2D eigenvalue weighted by molar-refractivity contribution is 8.11. The van der Waals surface area contributed by atoms with Gasteiger partial charge in [-0.1, -0.05) is 11.2 Å². The summed E-state index contributed by atoms with van der Waals surface area (Å²) in [7, 11) is 0. The summed E-state index contributed by atoms with van der Waals surface area (Å²) in [5, 5.41) is 29.2.